The zero-order chi connectivity index (χ0) is 14.7. The molecule has 106 valence electrons. The number of nitrogens with one attached hydrogen (secondary N) is 1. The molecular formula is C13H16N4O3. The molecule has 0 fully saturated rings. The van der Waals surface area contributed by atoms with Gasteiger partial charge in [-0.05, 0) is 24.6 Å². The average molecular weight is 276 g/mol. The Bertz CT molecular complexity index is 601. The van der Waals surface area contributed by atoms with Crippen molar-refractivity contribution >= 4 is 11.9 Å². The molecule has 1 aromatic rings. The minimum Gasteiger partial charge on any atom is -0.386 e. The lowest BCUT2D eigenvalue weighted by atomic mass is 10.0. The zero-order valence-corrected chi connectivity index (χ0v) is 11.2. The molecule has 0 aromatic carbocycles. The van der Waals surface area contributed by atoms with E-state index in [2.05, 4.69) is 15.5 Å². The SMILES string of the molecule is Cc1nnc(NC(=O)/C=C/C2=CC(O)C(O)C=C2)n1C. The van der Waals surface area contributed by atoms with Crippen LogP contribution in [0.1, 0.15) is 5.82 Å². The van der Waals surface area contributed by atoms with Gasteiger partial charge >= 0.3 is 0 Å². The van der Waals surface area contributed by atoms with E-state index in [4.69, 9.17) is 0 Å². The quantitative estimate of drug-likeness (QED) is 0.666. The van der Waals surface area contributed by atoms with E-state index in [1.54, 1.807) is 30.7 Å². The fourth-order valence-electron chi connectivity index (χ4n) is 1.63. The van der Waals surface area contributed by atoms with Crippen LogP contribution in [-0.4, -0.2) is 43.1 Å². The van der Waals surface area contributed by atoms with Gasteiger partial charge in [0.2, 0.25) is 5.95 Å². The van der Waals surface area contributed by atoms with Crippen molar-refractivity contribution in [2.24, 2.45) is 7.05 Å². The van der Waals surface area contributed by atoms with Crippen LogP contribution in [0.2, 0.25) is 0 Å². The molecule has 0 bridgehead atoms. The van der Waals surface area contributed by atoms with Crippen molar-refractivity contribution in [1.29, 1.82) is 0 Å². The summed E-state index contributed by atoms with van der Waals surface area (Å²) in [5, 5.41) is 29.0. The van der Waals surface area contributed by atoms with Crippen molar-refractivity contribution in [2.75, 3.05) is 5.32 Å². The monoisotopic (exact) mass is 276 g/mol. The summed E-state index contributed by atoms with van der Waals surface area (Å²) in [7, 11) is 1.75. The first kappa shape index (κ1) is 14.2. The number of aliphatic hydroxyl groups is 2. The summed E-state index contributed by atoms with van der Waals surface area (Å²) in [5.74, 6) is 0.704. The van der Waals surface area contributed by atoms with Crippen LogP contribution in [0.15, 0.2) is 36.0 Å². The fraction of sp³-hybridized carbons (Fsp3) is 0.308. The Kier molecular flexibility index (Phi) is 4.11. The maximum atomic E-state index is 11.7. The Morgan fingerprint density at radius 2 is 2.15 bits per heavy atom. The van der Waals surface area contributed by atoms with E-state index in [1.165, 1.54) is 18.2 Å². The summed E-state index contributed by atoms with van der Waals surface area (Å²) in [5.41, 5.74) is 0.645. The summed E-state index contributed by atoms with van der Waals surface area (Å²) < 4.78 is 1.66. The number of carbonyl (C=O) groups excluding carboxylic acids is 1. The van der Waals surface area contributed by atoms with Gasteiger partial charge in [0, 0.05) is 13.1 Å². The number of nitrogens with zero attached hydrogens (tertiary/aromatic N) is 3. The van der Waals surface area contributed by atoms with E-state index < -0.39 is 12.2 Å². The highest BCUT2D eigenvalue weighted by Gasteiger charge is 2.14. The van der Waals surface area contributed by atoms with Gasteiger partial charge in [-0.25, -0.2) is 0 Å². The molecule has 0 saturated heterocycles. The lowest BCUT2D eigenvalue weighted by Gasteiger charge is -2.15. The van der Waals surface area contributed by atoms with Crippen molar-refractivity contribution in [1.82, 2.24) is 14.8 Å². The van der Waals surface area contributed by atoms with Crippen LogP contribution in [0, 0.1) is 6.92 Å². The number of carbonyl (C=O) groups is 1. The van der Waals surface area contributed by atoms with E-state index in [9.17, 15) is 15.0 Å². The number of allylic oxidation sites excluding steroid dienone is 3. The number of amides is 1. The minimum atomic E-state index is -0.955. The molecule has 1 heterocycles. The summed E-state index contributed by atoms with van der Waals surface area (Å²) in [6.07, 6.45) is 5.59. The lowest BCUT2D eigenvalue weighted by molar-refractivity contribution is -0.112. The predicted octanol–water partition coefficient (Wildman–Crippen LogP) is -0.164. The molecule has 0 saturated carbocycles. The summed E-state index contributed by atoms with van der Waals surface area (Å²) in [4.78, 5) is 11.7. The van der Waals surface area contributed by atoms with Crippen LogP contribution in [0.25, 0.3) is 0 Å². The van der Waals surface area contributed by atoms with Gasteiger partial charge < -0.3 is 14.8 Å². The molecule has 3 N–H and O–H groups in total. The molecule has 7 heteroatoms. The first-order valence-electron chi connectivity index (χ1n) is 6.08. The topological polar surface area (TPSA) is 100 Å². The predicted molar refractivity (Wildman–Crippen MR) is 72.7 cm³/mol. The van der Waals surface area contributed by atoms with E-state index >= 15 is 0 Å². The zero-order valence-electron chi connectivity index (χ0n) is 11.2. The molecule has 7 nitrogen and oxygen atoms in total. The normalized spacial score (nSPS) is 22.1. The number of rotatable bonds is 3. The van der Waals surface area contributed by atoms with Crippen LogP contribution < -0.4 is 5.32 Å². The van der Waals surface area contributed by atoms with Gasteiger partial charge in [0.1, 0.15) is 18.0 Å². The first-order chi connectivity index (χ1) is 9.47. The Hall–Kier alpha value is -2.25. The van der Waals surface area contributed by atoms with Crippen molar-refractivity contribution in [2.45, 2.75) is 19.1 Å². The second-order valence-electron chi connectivity index (χ2n) is 4.46. The highest BCUT2D eigenvalue weighted by Crippen LogP contribution is 2.12. The molecule has 2 unspecified atom stereocenters. The third kappa shape index (κ3) is 3.19. The fourth-order valence-corrected chi connectivity index (χ4v) is 1.63. The highest BCUT2D eigenvalue weighted by atomic mass is 16.3. The second-order valence-corrected chi connectivity index (χ2v) is 4.46. The summed E-state index contributed by atoms with van der Waals surface area (Å²) in [6, 6.07) is 0. The molecular weight excluding hydrogens is 260 g/mol. The van der Waals surface area contributed by atoms with Gasteiger partial charge in [0.05, 0.1) is 0 Å². The van der Waals surface area contributed by atoms with Crippen molar-refractivity contribution in [3.05, 3.63) is 41.8 Å². The molecule has 0 aliphatic heterocycles. The van der Waals surface area contributed by atoms with Crippen LogP contribution in [-0.2, 0) is 11.8 Å². The number of aliphatic hydroxyl groups excluding tert-OH is 2. The maximum Gasteiger partial charge on any atom is 0.250 e. The second kappa shape index (κ2) is 5.81. The number of anilines is 1. The Balaban J connectivity index is 1.98. The summed E-state index contributed by atoms with van der Waals surface area (Å²) in [6.45, 7) is 1.78. The van der Waals surface area contributed by atoms with Gasteiger partial charge in [-0.2, -0.15) is 0 Å². The van der Waals surface area contributed by atoms with Gasteiger partial charge in [-0.1, -0.05) is 12.2 Å². The number of aryl methyl sites for hydroxylation is 1. The summed E-state index contributed by atoms with van der Waals surface area (Å²) >= 11 is 0. The molecule has 0 radical (unpaired) electrons. The van der Waals surface area contributed by atoms with Gasteiger partial charge in [-0.15, -0.1) is 10.2 Å². The smallest absolute Gasteiger partial charge is 0.250 e. The maximum absolute atomic E-state index is 11.7. The Morgan fingerprint density at radius 1 is 1.40 bits per heavy atom. The standard InChI is InChI=1S/C13H16N4O3/c1-8-15-16-13(17(8)2)14-12(20)6-4-9-3-5-10(18)11(19)7-9/h3-7,10-11,18-19H,1-2H3,(H,14,16,20)/b6-4+. The minimum absolute atomic E-state index is 0.351. The molecule has 1 amide bonds. The third-order valence-corrected chi connectivity index (χ3v) is 2.95. The van der Waals surface area contributed by atoms with Gasteiger partial charge in [0.25, 0.3) is 5.91 Å². The van der Waals surface area contributed by atoms with Crippen LogP contribution >= 0.6 is 0 Å². The van der Waals surface area contributed by atoms with E-state index in [-0.39, 0.29) is 5.91 Å². The van der Waals surface area contributed by atoms with Crippen LogP contribution in [0.5, 0.6) is 0 Å². The molecule has 20 heavy (non-hydrogen) atoms. The van der Waals surface area contributed by atoms with E-state index in [0.29, 0.717) is 17.3 Å². The molecule has 0 spiro atoms. The number of hydrogen-bond donors (Lipinski definition) is 3. The van der Waals surface area contributed by atoms with Crippen molar-refractivity contribution in [3.8, 4) is 0 Å². The third-order valence-electron chi connectivity index (χ3n) is 2.95. The van der Waals surface area contributed by atoms with Crippen LogP contribution in [0.3, 0.4) is 0 Å². The molecule has 2 rings (SSSR count). The molecule has 1 aromatic heterocycles. The molecule has 1 aliphatic carbocycles. The average Bonchev–Trinajstić information content (AvgIpc) is 2.72. The van der Waals surface area contributed by atoms with Crippen molar-refractivity contribution < 1.29 is 15.0 Å². The van der Waals surface area contributed by atoms with Gasteiger partial charge in [0.15, 0.2) is 0 Å². The number of aromatic nitrogens is 3. The lowest BCUT2D eigenvalue weighted by Crippen LogP contribution is -2.23. The Labute approximate surface area is 115 Å². The van der Waals surface area contributed by atoms with Crippen LogP contribution in [0.4, 0.5) is 5.95 Å². The van der Waals surface area contributed by atoms with E-state index in [0.717, 1.165) is 0 Å². The van der Waals surface area contributed by atoms with Gasteiger partial charge in [-0.3, -0.25) is 10.1 Å². The Morgan fingerprint density at radius 3 is 2.75 bits per heavy atom. The van der Waals surface area contributed by atoms with Crippen molar-refractivity contribution in [3.63, 3.8) is 0 Å². The van der Waals surface area contributed by atoms with E-state index in [1.807, 2.05) is 0 Å². The highest BCUT2D eigenvalue weighted by molar-refractivity contribution is 5.98. The number of hydrogen-bond acceptors (Lipinski definition) is 5. The molecule has 2 atom stereocenters. The first-order valence-corrected chi connectivity index (χ1v) is 6.08. The largest absolute Gasteiger partial charge is 0.386 e. The molecule has 1 aliphatic rings.